The zero-order chi connectivity index (χ0) is 18.4. The van der Waals surface area contributed by atoms with Gasteiger partial charge in [-0.05, 0) is 57.8 Å². The minimum atomic E-state index is 0. The number of likely N-dealkylation sites (tertiary alicyclic amines) is 1. The summed E-state index contributed by atoms with van der Waals surface area (Å²) < 4.78 is 0. The van der Waals surface area contributed by atoms with E-state index in [0.29, 0.717) is 12.0 Å². The highest BCUT2D eigenvalue weighted by Gasteiger charge is 2.24. The van der Waals surface area contributed by atoms with Gasteiger partial charge in [0.1, 0.15) is 0 Å². The molecule has 2 unspecified atom stereocenters. The van der Waals surface area contributed by atoms with Gasteiger partial charge >= 0.3 is 0 Å². The van der Waals surface area contributed by atoms with Crippen molar-refractivity contribution >= 4 is 35.6 Å². The molecule has 6 heteroatoms. The Hall–Kier alpha value is -1.02. The molecule has 0 amide bonds. The minimum Gasteiger partial charge on any atom is -0.369 e. The molecule has 2 saturated heterocycles. The van der Waals surface area contributed by atoms with Gasteiger partial charge in [-0.15, -0.1) is 24.0 Å². The second kappa shape index (κ2) is 11.1. The normalized spacial score (nSPS) is 23.4. The molecular weight excluding hydrogens is 449 g/mol. The Morgan fingerprint density at radius 2 is 1.89 bits per heavy atom. The number of benzene rings is 1. The third kappa shape index (κ3) is 6.52. The molecule has 2 aliphatic rings. The first kappa shape index (κ1) is 22.3. The molecule has 0 bridgehead atoms. The average Bonchev–Trinajstić information content (AvgIpc) is 3.30. The summed E-state index contributed by atoms with van der Waals surface area (Å²) in [5, 5.41) is 7.09. The highest BCUT2D eigenvalue weighted by Crippen LogP contribution is 2.21. The lowest BCUT2D eigenvalue weighted by molar-refractivity contribution is 0.343. The first-order chi connectivity index (χ1) is 12.7. The van der Waals surface area contributed by atoms with Gasteiger partial charge in [-0.1, -0.05) is 24.6 Å². The summed E-state index contributed by atoms with van der Waals surface area (Å²) in [5.41, 5.74) is 2.64. The molecule has 1 aromatic rings. The number of halogens is 1. The molecule has 2 heterocycles. The smallest absolute Gasteiger partial charge is 0.191 e. The van der Waals surface area contributed by atoms with Crippen LogP contribution >= 0.6 is 24.0 Å². The second-order valence-electron chi connectivity index (χ2n) is 7.68. The molecule has 2 aliphatic heterocycles. The maximum Gasteiger partial charge on any atom is 0.191 e. The molecule has 0 aliphatic carbocycles. The number of nitrogens with zero attached hydrogens (tertiary/aromatic N) is 3. The molecular formula is C21H36IN5. The highest BCUT2D eigenvalue weighted by atomic mass is 127. The van der Waals surface area contributed by atoms with Gasteiger partial charge in [0.05, 0.1) is 0 Å². The van der Waals surface area contributed by atoms with Gasteiger partial charge in [-0.2, -0.15) is 0 Å². The summed E-state index contributed by atoms with van der Waals surface area (Å²) in [5.74, 6) is 1.69. The lowest BCUT2D eigenvalue weighted by atomic mass is 10.1. The van der Waals surface area contributed by atoms with E-state index in [1.807, 2.05) is 0 Å². The quantitative estimate of drug-likeness (QED) is 0.369. The van der Waals surface area contributed by atoms with Gasteiger partial charge in [0.15, 0.2) is 5.96 Å². The van der Waals surface area contributed by atoms with Crippen molar-refractivity contribution in [2.75, 3.05) is 50.7 Å². The topological polar surface area (TPSA) is 42.9 Å². The van der Waals surface area contributed by atoms with Gasteiger partial charge in [0.25, 0.3) is 0 Å². The van der Waals surface area contributed by atoms with E-state index in [0.717, 1.165) is 45.1 Å². The lowest BCUT2D eigenvalue weighted by Gasteiger charge is -2.21. The summed E-state index contributed by atoms with van der Waals surface area (Å²) in [6.07, 6.45) is 2.44. The average molecular weight is 485 g/mol. The predicted octanol–water partition coefficient (Wildman–Crippen LogP) is 3.09. The van der Waals surface area contributed by atoms with Crippen LogP contribution in [0.1, 0.15) is 32.3 Å². The van der Waals surface area contributed by atoms with E-state index in [9.17, 15) is 0 Å². The summed E-state index contributed by atoms with van der Waals surface area (Å²) in [7, 11) is 0. The van der Waals surface area contributed by atoms with Crippen molar-refractivity contribution in [3.8, 4) is 0 Å². The third-order valence-electron chi connectivity index (χ3n) is 5.60. The van der Waals surface area contributed by atoms with Gasteiger partial charge in [0.2, 0.25) is 0 Å². The van der Waals surface area contributed by atoms with Crippen molar-refractivity contribution in [3.05, 3.63) is 29.8 Å². The molecule has 5 nitrogen and oxygen atoms in total. The Morgan fingerprint density at radius 1 is 1.11 bits per heavy atom. The van der Waals surface area contributed by atoms with Crippen molar-refractivity contribution in [2.24, 2.45) is 10.9 Å². The summed E-state index contributed by atoms with van der Waals surface area (Å²) in [6.45, 7) is 14.1. The molecule has 3 rings (SSSR count). The fourth-order valence-electron chi connectivity index (χ4n) is 3.95. The zero-order valence-corrected chi connectivity index (χ0v) is 19.4. The van der Waals surface area contributed by atoms with Crippen molar-refractivity contribution in [1.82, 2.24) is 15.5 Å². The first-order valence-corrected chi connectivity index (χ1v) is 10.3. The third-order valence-corrected chi connectivity index (χ3v) is 5.60. The molecule has 0 radical (unpaired) electrons. The Labute approximate surface area is 182 Å². The summed E-state index contributed by atoms with van der Waals surface area (Å²) in [4.78, 5) is 9.88. The van der Waals surface area contributed by atoms with Gasteiger partial charge in [0, 0.05) is 44.5 Å². The fraction of sp³-hybridized carbons (Fsp3) is 0.667. The Morgan fingerprint density at radius 3 is 2.56 bits per heavy atom. The number of guanidine groups is 1. The summed E-state index contributed by atoms with van der Waals surface area (Å²) >= 11 is 0. The highest BCUT2D eigenvalue weighted by molar-refractivity contribution is 14.0. The van der Waals surface area contributed by atoms with Crippen LogP contribution in [0.15, 0.2) is 29.3 Å². The number of aliphatic imine (C=N–C) groups is 1. The monoisotopic (exact) mass is 485 g/mol. The maximum atomic E-state index is 4.89. The Balaban J connectivity index is 0.00000261. The molecule has 152 valence electrons. The maximum absolute atomic E-state index is 4.89. The Bertz CT molecular complexity index is 589. The Kier molecular flexibility index (Phi) is 9.15. The number of nitrogens with one attached hydrogen (secondary N) is 2. The van der Waals surface area contributed by atoms with Gasteiger partial charge in [-0.25, -0.2) is 0 Å². The van der Waals surface area contributed by atoms with Crippen molar-refractivity contribution < 1.29 is 0 Å². The molecule has 2 atom stereocenters. The number of aryl methyl sites for hydroxylation is 1. The molecule has 0 aromatic heterocycles. The number of rotatable bonds is 6. The van der Waals surface area contributed by atoms with Crippen molar-refractivity contribution in [3.63, 3.8) is 0 Å². The largest absolute Gasteiger partial charge is 0.369 e. The van der Waals surface area contributed by atoms with Crippen LogP contribution in [0.25, 0.3) is 0 Å². The molecule has 2 fully saturated rings. The van der Waals surface area contributed by atoms with Crippen LogP contribution in [-0.4, -0.2) is 62.7 Å². The van der Waals surface area contributed by atoms with E-state index in [1.165, 1.54) is 30.8 Å². The zero-order valence-electron chi connectivity index (χ0n) is 17.1. The number of hydrogen-bond acceptors (Lipinski definition) is 3. The van der Waals surface area contributed by atoms with Crippen molar-refractivity contribution in [2.45, 2.75) is 39.7 Å². The van der Waals surface area contributed by atoms with Crippen LogP contribution in [0.3, 0.4) is 0 Å². The molecule has 0 saturated carbocycles. The van der Waals surface area contributed by atoms with Crippen LogP contribution < -0.4 is 15.5 Å². The fourth-order valence-corrected chi connectivity index (χ4v) is 3.95. The van der Waals surface area contributed by atoms with E-state index in [4.69, 9.17) is 4.99 Å². The molecule has 0 spiro atoms. The summed E-state index contributed by atoms with van der Waals surface area (Å²) in [6, 6.07) is 9.32. The van der Waals surface area contributed by atoms with E-state index in [-0.39, 0.29) is 24.0 Å². The van der Waals surface area contributed by atoms with Crippen LogP contribution in [0.4, 0.5) is 5.69 Å². The standard InChI is InChI=1S/C21H35N5.HI/c1-4-22-21(23-14-18-10-12-25(5-2)15-18)24-19-11-13-26(16-19)20-8-6-17(3)7-9-20;/h6-9,18-19H,4-5,10-16H2,1-3H3,(H2,22,23,24);1H. The minimum absolute atomic E-state index is 0. The predicted molar refractivity (Wildman–Crippen MR) is 127 cm³/mol. The van der Waals surface area contributed by atoms with Crippen LogP contribution in [-0.2, 0) is 0 Å². The molecule has 2 N–H and O–H groups in total. The molecule has 27 heavy (non-hydrogen) atoms. The number of anilines is 1. The van der Waals surface area contributed by atoms with E-state index >= 15 is 0 Å². The van der Waals surface area contributed by atoms with Crippen LogP contribution in [0.2, 0.25) is 0 Å². The lowest BCUT2D eigenvalue weighted by Crippen LogP contribution is -2.45. The van der Waals surface area contributed by atoms with E-state index < -0.39 is 0 Å². The van der Waals surface area contributed by atoms with Crippen LogP contribution in [0, 0.1) is 12.8 Å². The van der Waals surface area contributed by atoms with E-state index in [2.05, 4.69) is 65.5 Å². The van der Waals surface area contributed by atoms with Gasteiger partial charge in [-0.3, -0.25) is 4.99 Å². The second-order valence-corrected chi connectivity index (χ2v) is 7.68. The van der Waals surface area contributed by atoms with Gasteiger partial charge < -0.3 is 20.4 Å². The molecule has 1 aromatic carbocycles. The van der Waals surface area contributed by atoms with Crippen LogP contribution in [0.5, 0.6) is 0 Å². The SMILES string of the molecule is CCNC(=NCC1CCN(CC)C1)NC1CCN(c2ccc(C)cc2)C1.I. The van der Waals surface area contributed by atoms with E-state index in [1.54, 1.807) is 0 Å². The van der Waals surface area contributed by atoms with Crippen molar-refractivity contribution in [1.29, 1.82) is 0 Å². The number of hydrogen-bond donors (Lipinski definition) is 2. The first-order valence-electron chi connectivity index (χ1n) is 10.3.